The Morgan fingerprint density at radius 3 is 2.20 bits per heavy atom. The summed E-state index contributed by atoms with van der Waals surface area (Å²) in [5.41, 5.74) is 5.13. The zero-order chi connectivity index (χ0) is 11.4. The average molecular weight is 207 g/mol. The predicted octanol–water partition coefficient (Wildman–Crippen LogP) is 1.73. The van der Waals surface area contributed by atoms with E-state index in [1.807, 2.05) is 7.05 Å². The van der Waals surface area contributed by atoms with E-state index in [-0.39, 0.29) is 6.10 Å². The summed E-state index contributed by atoms with van der Waals surface area (Å²) >= 11 is 0. The van der Waals surface area contributed by atoms with E-state index in [4.69, 9.17) is 0 Å². The van der Waals surface area contributed by atoms with Crippen LogP contribution < -0.4 is 5.32 Å². The van der Waals surface area contributed by atoms with Crippen LogP contribution in [0, 0.1) is 20.8 Å². The molecule has 0 heterocycles. The van der Waals surface area contributed by atoms with E-state index in [9.17, 15) is 5.11 Å². The van der Waals surface area contributed by atoms with Gasteiger partial charge in [-0.25, -0.2) is 0 Å². The second-order valence-corrected chi connectivity index (χ2v) is 4.29. The van der Waals surface area contributed by atoms with Crippen molar-refractivity contribution in [2.24, 2.45) is 0 Å². The molecule has 0 aliphatic heterocycles. The van der Waals surface area contributed by atoms with Gasteiger partial charge in [0.1, 0.15) is 0 Å². The summed E-state index contributed by atoms with van der Waals surface area (Å²) in [6, 6.07) is 4.35. The molecule has 0 saturated carbocycles. The second-order valence-electron chi connectivity index (χ2n) is 4.29. The fraction of sp³-hybridized carbons (Fsp3) is 0.538. The van der Waals surface area contributed by atoms with E-state index >= 15 is 0 Å². The molecule has 0 aliphatic rings. The molecule has 1 rings (SSSR count). The van der Waals surface area contributed by atoms with E-state index in [0.29, 0.717) is 6.54 Å². The van der Waals surface area contributed by atoms with Crippen LogP contribution in [0.2, 0.25) is 0 Å². The molecule has 0 spiro atoms. The first-order valence-corrected chi connectivity index (χ1v) is 5.44. The van der Waals surface area contributed by atoms with Crippen LogP contribution in [0.5, 0.6) is 0 Å². The number of hydrogen-bond acceptors (Lipinski definition) is 2. The molecule has 1 aromatic carbocycles. The van der Waals surface area contributed by atoms with E-state index in [1.165, 1.54) is 22.3 Å². The highest BCUT2D eigenvalue weighted by molar-refractivity contribution is 5.37. The molecular weight excluding hydrogens is 186 g/mol. The normalized spacial score (nSPS) is 12.9. The monoisotopic (exact) mass is 207 g/mol. The van der Waals surface area contributed by atoms with Crippen molar-refractivity contribution in [1.82, 2.24) is 5.32 Å². The van der Waals surface area contributed by atoms with Crippen LogP contribution in [0.25, 0.3) is 0 Å². The number of nitrogens with one attached hydrogen (secondary N) is 1. The number of aryl methyl sites for hydroxylation is 3. The molecule has 0 fully saturated rings. The highest BCUT2D eigenvalue weighted by Gasteiger charge is 2.09. The average Bonchev–Trinajstić information content (AvgIpc) is 2.11. The molecule has 0 aliphatic carbocycles. The molecule has 2 heteroatoms. The number of aliphatic hydroxyl groups excluding tert-OH is 1. The SMILES string of the molecule is CNC[C@@H](O)Cc1c(C)cc(C)cc1C. The molecule has 0 saturated heterocycles. The molecule has 2 nitrogen and oxygen atoms in total. The quantitative estimate of drug-likeness (QED) is 0.788. The lowest BCUT2D eigenvalue weighted by molar-refractivity contribution is 0.174. The summed E-state index contributed by atoms with van der Waals surface area (Å²) in [7, 11) is 1.86. The number of hydrogen-bond donors (Lipinski definition) is 2. The van der Waals surface area contributed by atoms with Crippen molar-refractivity contribution in [2.75, 3.05) is 13.6 Å². The van der Waals surface area contributed by atoms with Gasteiger partial charge in [0.2, 0.25) is 0 Å². The summed E-state index contributed by atoms with van der Waals surface area (Å²) in [6.45, 7) is 6.98. The smallest absolute Gasteiger partial charge is 0.0704 e. The Morgan fingerprint density at radius 1 is 1.20 bits per heavy atom. The van der Waals surface area contributed by atoms with Gasteiger partial charge in [-0.15, -0.1) is 0 Å². The minimum atomic E-state index is -0.296. The third-order valence-corrected chi connectivity index (χ3v) is 2.72. The maximum Gasteiger partial charge on any atom is 0.0704 e. The van der Waals surface area contributed by atoms with Crippen molar-refractivity contribution in [3.8, 4) is 0 Å². The summed E-state index contributed by atoms with van der Waals surface area (Å²) in [5, 5.41) is 12.7. The van der Waals surface area contributed by atoms with Crippen molar-refractivity contribution >= 4 is 0 Å². The highest BCUT2D eigenvalue weighted by atomic mass is 16.3. The first kappa shape index (κ1) is 12.2. The van der Waals surface area contributed by atoms with Crippen LogP contribution in [-0.4, -0.2) is 24.8 Å². The van der Waals surface area contributed by atoms with Crippen molar-refractivity contribution in [3.63, 3.8) is 0 Å². The maximum atomic E-state index is 9.76. The molecule has 1 atom stereocenters. The molecule has 0 amide bonds. The van der Waals surface area contributed by atoms with Gasteiger partial charge in [-0.3, -0.25) is 0 Å². The van der Waals surface area contributed by atoms with Gasteiger partial charge in [0.15, 0.2) is 0 Å². The van der Waals surface area contributed by atoms with E-state index in [1.54, 1.807) is 0 Å². The lowest BCUT2D eigenvalue weighted by Crippen LogP contribution is -2.26. The van der Waals surface area contributed by atoms with Gasteiger partial charge in [-0.05, 0) is 44.5 Å². The molecular formula is C13H21NO. The van der Waals surface area contributed by atoms with Gasteiger partial charge < -0.3 is 10.4 Å². The fourth-order valence-electron chi connectivity index (χ4n) is 2.08. The third-order valence-electron chi connectivity index (χ3n) is 2.72. The van der Waals surface area contributed by atoms with Crippen LogP contribution >= 0.6 is 0 Å². The molecule has 84 valence electrons. The van der Waals surface area contributed by atoms with E-state index in [0.717, 1.165) is 6.42 Å². The van der Waals surface area contributed by atoms with Crippen LogP contribution in [0.4, 0.5) is 0 Å². The lowest BCUT2D eigenvalue weighted by Gasteiger charge is -2.15. The van der Waals surface area contributed by atoms with Crippen molar-refractivity contribution in [3.05, 3.63) is 34.4 Å². The van der Waals surface area contributed by atoms with Gasteiger partial charge >= 0.3 is 0 Å². The Labute approximate surface area is 92.3 Å². The Balaban J connectivity index is 2.85. The minimum Gasteiger partial charge on any atom is -0.391 e. The molecule has 0 bridgehead atoms. The second kappa shape index (κ2) is 5.29. The lowest BCUT2D eigenvalue weighted by atomic mass is 9.95. The van der Waals surface area contributed by atoms with Gasteiger partial charge in [0.25, 0.3) is 0 Å². The van der Waals surface area contributed by atoms with Gasteiger partial charge in [0, 0.05) is 13.0 Å². The summed E-state index contributed by atoms with van der Waals surface area (Å²) in [6.07, 6.45) is 0.439. The Hall–Kier alpha value is -0.860. The largest absolute Gasteiger partial charge is 0.391 e. The molecule has 2 N–H and O–H groups in total. The van der Waals surface area contributed by atoms with Gasteiger partial charge in [-0.1, -0.05) is 17.7 Å². The topological polar surface area (TPSA) is 32.3 Å². The first-order chi connectivity index (χ1) is 7.04. The molecule has 0 unspecified atom stereocenters. The van der Waals surface area contributed by atoms with Gasteiger partial charge in [0.05, 0.1) is 6.10 Å². The number of likely N-dealkylation sites (N-methyl/N-ethyl adjacent to an activating group) is 1. The third kappa shape index (κ3) is 3.33. The zero-order valence-corrected chi connectivity index (χ0v) is 10.1. The van der Waals surface area contributed by atoms with E-state index in [2.05, 4.69) is 38.2 Å². The molecule has 1 aromatic rings. The van der Waals surface area contributed by atoms with Crippen LogP contribution in [0.1, 0.15) is 22.3 Å². The maximum absolute atomic E-state index is 9.76. The predicted molar refractivity (Wildman–Crippen MR) is 64.3 cm³/mol. The zero-order valence-electron chi connectivity index (χ0n) is 10.1. The Bertz CT molecular complexity index is 310. The number of rotatable bonds is 4. The Kier molecular flexibility index (Phi) is 4.30. The van der Waals surface area contributed by atoms with Crippen molar-refractivity contribution in [2.45, 2.75) is 33.3 Å². The molecule has 0 aromatic heterocycles. The van der Waals surface area contributed by atoms with Crippen LogP contribution in [0.3, 0.4) is 0 Å². The molecule has 15 heavy (non-hydrogen) atoms. The minimum absolute atomic E-state index is 0.296. The van der Waals surface area contributed by atoms with Crippen molar-refractivity contribution < 1.29 is 5.11 Å². The fourth-order valence-corrected chi connectivity index (χ4v) is 2.08. The number of aliphatic hydroxyl groups is 1. The highest BCUT2D eigenvalue weighted by Crippen LogP contribution is 2.17. The number of benzene rings is 1. The summed E-state index contributed by atoms with van der Waals surface area (Å²) < 4.78 is 0. The van der Waals surface area contributed by atoms with Gasteiger partial charge in [-0.2, -0.15) is 0 Å². The Morgan fingerprint density at radius 2 is 1.73 bits per heavy atom. The standard InChI is InChI=1S/C13H21NO/c1-9-5-10(2)13(11(3)6-9)7-12(15)8-14-4/h5-6,12,14-15H,7-8H2,1-4H3/t12-/m0/s1. The first-order valence-electron chi connectivity index (χ1n) is 5.44. The summed E-state index contributed by atoms with van der Waals surface area (Å²) in [5.74, 6) is 0. The summed E-state index contributed by atoms with van der Waals surface area (Å²) in [4.78, 5) is 0. The van der Waals surface area contributed by atoms with Crippen LogP contribution in [-0.2, 0) is 6.42 Å². The van der Waals surface area contributed by atoms with E-state index < -0.39 is 0 Å². The molecule has 0 radical (unpaired) electrons. The van der Waals surface area contributed by atoms with Crippen LogP contribution in [0.15, 0.2) is 12.1 Å². The van der Waals surface area contributed by atoms with Crippen molar-refractivity contribution in [1.29, 1.82) is 0 Å².